The van der Waals surface area contributed by atoms with E-state index in [1.807, 2.05) is 0 Å². The molecular weight excluding hydrogens is 308 g/mol. The Morgan fingerprint density at radius 1 is 1.20 bits per heavy atom. The van der Waals surface area contributed by atoms with Crippen LogP contribution in [0.1, 0.15) is 19.3 Å². The van der Waals surface area contributed by atoms with Crippen LogP contribution in [0.25, 0.3) is 0 Å². The molecule has 0 aromatic heterocycles. The van der Waals surface area contributed by atoms with Gasteiger partial charge in [-0.1, -0.05) is 23.2 Å². The summed E-state index contributed by atoms with van der Waals surface area (Å²) in [6.07, 6.45) is 1.31. The summed E-state index contributed by atoms with van der Waals surface area (Å²) in [6.45, 7) is 0. The van der Waals surface area contributed by atoms with Gasteiger partial charge in [0.15, 0.2) is 5.82 Å². The number of nitrogens with one attached hydrogen (secondary N) is 1. The second kappa shape index (κ2) is 5.97. The van der Waals surface area contributed by atoms with E-state index in [-0.39, 0.29) is 21.9 Å². The Bertz CT molecular complexity index is 542. The van der Waals surface area contributed by atoms with E-state index in [4.69, 9.17) is 28.3 Å². The van der Waals surface area contributed by atoms with E-state index in [2.05, 4.69) is 5.32 Å². The van der Waals surface area contributed by atoms with E-state index < -0.39 is 17.7 Å². The van der Waals surface area contributed by atoms with E-state index in [1.165, 1.54) is 12.1 Å². The van der Waals surface area contributed by atoms with Crippen LogP contribution in [0.15, 0.2) is 12.1 Å². The molecule has 1 aromatic carbocycles. The molecule has 1 aliphatic rings. The van der Waals surface area contributed by atoms with Crippen LogP contribution in [0.4, 0.5) is 10.1 Å². The smallest absolute Gasteiger partial charge is 0.306 e. The molecule has 1 aliphatic carbocycles. The normalized spacial score (nSPS) is 21.8. The summed E-state index contributed by atoms with van der Waals surface area (Å²) in [6, 6.07) is 2.54. The first-order chi connectivity index (χ1) is 9.38. The molecule has 1 amide bonds. The van der Waals surface area contributed by atoms with Crippen molar-refractivity contribution in [1.82, 2.24) is 0 Å². The van der Waals surface area contributed by atoms with Crippen LogP contribution < -0.4 is 5.32 Å². The van der Waals surface area contributed by atoms with Gasteiger partial charge in [-0.15, -0.1) is 0 Å². The van der Waals surface area contributed by atoms with Gasteiger partial charge in [0.05, 0.1) is 16.0 Å². The third-order valence-electron chi connectivity index (χ3n) is 3.40. The minimum Gasteiger partial charge on any atom is -0.481 e. The summed E-state index contributed by atoms with van der Waals surface area (Å²) in [4.78, 5) is 22.9. The predicted molar refractivity (Wildman–Crippen MR) is 73.5 cm³/mol. The Morgan fingerprint density at radius 3 is 2.25 bits per heavy atom. The number of rotatable bonds is 3. The Labute approximate surface area is 124 Å². The van der Waals surface area contributed by atoms with Crippen molar-refractivity contribution in [3.05, 3.63) is 28.0 Å². The molecule has 1 saturated carbocycles. The van der Waals surface area contributed by atoms with Gasteiger partial charge in [-0.05, 0) is 31.4 Å². The summed E-state index contributed by atoms with van der Waals surface area (Å²) in [5, 5.41) is 11.1. The molecule has 1 aromatic rings. The van der Waals surface area contributed by atoms with Gasteiger partial charge in [-0.3, -0.25) is 9.59 Å². The summed E-state index contributed by atoms with van der Waals surface area (Å²) < 4.78 is 13.2. The quantitative estimate of drug-likeness (QED) is 0.837. The number of carbonyl (C=O) groups excluding carboxylic acids is 1. The molecule has 7 heteroatoms. The Morgan fingerprint density at radius 2 is 1.75 bits per heavy atom. The van der Waals surface area contributed by atoms with Crippen molar-refractivity contribution in [1.29, 1.82) is 0 Å². The second-order valence-corrected chi connectivity index (χ2v) is 5.60. The van der Waals surface area contributed by atoms with E-state index in [1.54, 1.807) is 0 Å². The number of carbonyl (C=O) groups is 2. The molecule has 4 nitrogen and oxygen atoms in total. The highest BCUT2D eigenvalue weighted by atomic mass is 35.5. The minimum absolute atomic E-state index is 0.178. The van der Waals surface area contributed by atoms with Crippen molar-refractivity contribution in [3.63, 3.8) is 0 Å². The molecule has 20 heavy (non-hydrogen) atoms. The Hall–Kier alpha value is -1.33. The number of carboxylic acid groups (broad SMARTS) is 1. The molecular formula is C13H12Cl2FNO3. The standard InChI is InChI=1S/C13H12Cl2FNO3/c14-9-4-8(5-10(15)11(9)16)17-12(18)6-1-2-7(3-6)13(19)20/h4-7H,1-3H2,(H,17,18)(H,19,20)/t6-,7+/m1/s1. The van der Waals surface area contributed by atoms with Gasteiger partial charge in [-0.2, -0.15) is 0 Å². The van der Waals surface area contributed by atoms with Crippen molar-refractivity contribution in [2.75, 3.05) is 5.32 Å². The van der Waals surface area contributed by atoms with Gasteiger partial charge in [0, 0.05) is 11.6 Å². The molecule has 0 aliphatic heterocycles. The lowest BCUT2D eigenvalue weighted by atomic mass is 10.0. The zero-order chi connectivity index (χ0) is 14.9. The fourth-order valence-electron chi connectivity index (χ4n) is 2.32. The molecule has 1 fully saturated rings. The molecule has 0 heterocycles. The van der Waals surface area contributed by atoms with Crippen LogP contribution in [-0.2, 0) is 9.59 Å². The monoisotopic (exact) mass is 319 g/mol. The van der Waals surface area contributed by atoms with Crippen molar-refractivity contribution >= 4 is 40.8 Å². The first-order valence-corrected chi connectivity index (χ1v) is 6.82. The van der Waals surface area contributed by atoms with Crippen molar-refractivity contribution in [2.45, 2.75) is 19.3 Å². The molecule has 2 atom stereocenters. The van der Waals surface area contributed by atoms with Gasteiger partial charge < -0.3 is 10.4 Å². The number of hydrogen-bond acceptors (Lipinski definition) is 2. The molecule has 0 saturated heterocycles. The molecule has 2 N–H and O–H groups in total. The largest absolute Gasteiger partial charge is 0.481 e. The number of aliphatic carboxylic acids is 1. The minimum atomic E-state index is -0.881. The van der Waals surface area contributed by atoms with E-state index in [0.717, 1.165) is 0 Å². The van der Waals surface area contributed by atoms with Crippen molar-refractivity contribution < 1.29 is 19.1 Å². The first kappa shape index (κ1) is 15.1. The maximum absolute atomic E-state index is 13.2. The number of benzene rings is 1. The third kappa shape index (κ3) is 3.22. The Balaban J connectivity index is 2.04. The first-order valence-electron chi connectivity index (χ1n) is 6.06. The fraction of sp³-hybridized carbons (Fsp3) is 0.385. The number of halogens is 3. The highest BCUT2D eigenvalue weighted by Crippen LogP contribution is 2.33. The van der Waals surface area contributed by atoms with Crippen LogP contribution >= 0.6 is 23.2 Å². The Kier molecular flexibility index (Phi) is 4.50. The van der Waals surface area contributed by atoms with Crippen LogP contribution in [-0.4, -0.2) is 17.0 Å². The van der Waals surface area contributed by atoms with E-state index in [9.17, 15) is 14.0 Å². The van der Waals surface area contributed by atoms with Gasteiger partial charge in [0.25, 0.3) is 0 Å². The van der Waals surface area contributed by atoms with Gasteiger partial charge in [0.1, 0.15) is 0 Å². The second-order valence-electron chi connectivity index (χ2n) is 4.79. The van der Waals surface area contributed by atoms with Crippen LogP contribution in [0.2, 0.25) is 10.0 Å². The molecule has 0 radical (unpaired) electrons. The summed E-state index contributed by atoms with van der Waals surface area (Å²) in [5.74, 6) is -2.76. The van der Waals surface area contributed by atoms with E-state index in [0.29, 0.717) is 24.9 Å². The SMILES string of the molecule is O=C(O)[C@H]1CC[C@@H](C(=O)Nc2cc(Cl)c(F)c(Cl)c2)C1. The van der Waals surface area contributed by atoms with Gasteiger partial charge in [0.2, 0.25) is 5.91 Å². The third-order valence-corrected chi connectivity index (χ3v) is 3.95. The molecule has 0 spiro atoms. The maximum atomic E-state index is 13.2. The lowest BCUT2D eigenvalue weighted by Gasteiger charge is -2.11. The summed E-state index contributed by atoms with van der Waals surface area (Å²) in [7, 11) is 0. The summed E-state index contributed by atoms with van der Waals surface area (Å²) in [5.41, 5.74) is 0.296. The summed E-state index contributed by atoms with van der Waals surface area (Å²) >= 11 is 11.3. The molecule has 0 bridgehead atoms. The lowest BCUT2D eigenvalue weighted by Crippen LogP contribution is -2.21. The molecule has 0 unspecified atom stereocenters. The van der Waals surface area contributed by atoms with Crippen LogP contribution in [0.5, 0.6) is 0 Å². The molecule has 2 rings (SSSR count). The van der Waals surface area contributed by atoms with Gasteiger partial charge in [-0.25, -0.2) is 4.39 Å². The topological polar surface area (TPSA) is 66.4 Å². The zero-order valence-electron chi connectivity index (χ0n) is 10.3. The number of amides is 1. The zero-order valence-corrected chi connectivity index (χ0v) is 11.8. The maximum Gasteiger partial charge on any atom is 0.306 e. The van der Waals surface area contributed by atoms with Gasteiger partial charge >= 0.3 is 5.97 Å². The number of carboxylic acids is 1. The lowest BCUT2D eigenvalue weighted by molar-refractivity contribution is -0.141. The highest BCUT2D eigenvalue weighted by molar-refractivity contribution is 6.35. The van der Waals surface area contributed by atoms with E-state index >= 15 is 0 Å². The van der Waals surface area contributed by atoms with Crippen molar-refractivity contribution in [3.8, 4) is 0 Å². The van der Waals surface area contributed by atoms with Crippen LogP contribution in [0, 0.1) is 17.7 Å². The molecule has 108 valence electrons. The van der Waals surface area contributed by atoms with Crippen molar-refractivity contribution in [2.24, 2.45) is 11.8 Å². The predicted octanol–water partition coefficient (Wildman–Crippen LogP) is 3.57. The van der Waals surface area contributed by atoms with Crippen LogP contribution in [0.3, 0.4) is 0 Å². The number of anilines is 1. The fourth-order valence-corrected chi connectivity index (χ4v) is 2.80. The average Bonchev–Trinajstić information content (AvgIpc) is 2.85. The highest BCUT2D eigenvalue weighted by Gasteiger charge is 2.33. The number of hydrogen-bond donors (Lipinski definition) is 2. The average molecular weight is 320 g/mol.